The normalized spacial score (nSPS) is 10.9. The van der Waals surface area contributed by atoms with E-state index in [1.165, 1.54) is 5.69 Å². The van der Waals surface area contributed by atoms with Crippen molar-refractivity contribution in [2.45, 2.75) is 13.8 Å². The van der Waals surface area contributed by atoms with E-state index >= 15 is 0 Å². The van der Waals surface area contributed by atoms with Gasteiger partial charge in [0.25, 0.3) is 0 Å². The Balaban J connectivity index is 2.08. The first-order valence-corrected chi connectivity index (χ1v) is 6.85. The van der Waals surface area contributed by atoms with Crippen molar-refractivity contribution < 1.29 is 0 Å². The van der Waals surface area contributed by atoms with E-state index in [0.29, 0.717) is 0 Å². The number of hydrogen-bond donors (Lipinski definition) is 1. The van der Waals surface area contributed by atoms with E-state index in [0.717, 1.165) is 30.2 Å². The van der Waals surface area contributed by atoms with Crippen LogP contribution in [0.1, 0.15) is 13.8 Å². The highest BCUT2D eigenvalue weighted by atomic mass is 15.1. The molecule has 0 saturated heterocycles. The molecule has 0 fully saturated rings. The van der Waals surface area contributed by atoms with Gasteiger partial charge in [-0.15, -0.1) is 0 Å². The average molecular weight is 268 g/mol. The number of nitrogens with two attached hydrogens (primary N) is 1. The molecule has 0 aliphatic carbocycles. The molecule has 0 heterocycles. The predicted octanol–water partition coefficient (Wildman–Crippen LogP) is 4.53. The SMILES string of the molecule is CCN(CC)c1ccc(N=Nc2ccc(N)cc2)cc1. The van der Waals surface area contributed by atoms with E-state index in [1.54, 1.807) is 0 Å². The maximum atomic E-state index is 5.63. The van der Waals surface area contributed by atoms with Crippen LogP contribution in [0, 0.1) is 0 Å². The molecule has 0 aliphatic heterocycles. The lowest BCUT2D eigenvalue weighted by atomic mass is 10.2. The summed E-state index contributed by atoms with van der Waals surface area (Å²) in [5.41, 5.74) is 9.21. The third-order valence-corrected chi connectivity index (χ3v) is 3.15. The van der Waals surface area contributed by atoms with Crippen molar-refractivity contribution in [1.29, 1.82) is 0 Å². The van der Waals surface area contributed by atoms with Crippen LogP contribution in [0.2, 0.25) is 0 Å². The molecule has 2 N–H and O–H groups in total. The zero-order valence-corrected chi connectivity index (χ0v) is 12.0. The lowest BCUT2D eigenvalue weighted by Gasteiger charge is -2.20. The maximum absolute atomic E-state index is 5.63. The molecule has 20 heavy (non-hydrogen) atoms. The van der Waals surface area contributed by atoms with Crippen LogP contribution >= 0.6 is 0 Å². The van der Waals surface area contributed by atoms with Crippen molar-refractivity contribution in [1.82, 2.24) is 0 Å². The zero-order chi connectivity index (χ0) is 14.4. The van der Waals surface area contributed by atoms with Crippen LogP contribution in [0.25, 0.3) is 0 Å². The molecule has 2 rings (SSSR count). The van der Waals surface area contributed by atoms with E-state index in [1.807, 2.05) is 36.4 Å². The fourth-order valence-electron chi connectivity index (χ4n) is 1.98. The first kappa shape index (κ1) is 14.1. The van der Waals surface area contributed by atoms with E-state index in [-0.39, 0.29) is 0 Å². The Morgan fingerprint density at radius 3 is 1.70 bits per heavy atom. The number of nitrogen functional groups attached to an aromatic ring is 1. The largest absolute Gasteiger partial charge is 0.399 e. The molecule has 4 heteroatoms. The fraction of sp³-hybridized carbons (Fsp3) is 0.250. The molecule has 0 spiro atoms. The van der Waals surface area contributed by atoms with Crippen molar-refractivity contribution in [3.05, 3.63) is 48.5 Å². The molecular formula is C16H20N4. The minimum Gasteiger partial charge on any atom is -0.399 e. The van der Waals surface area contributed by atoms with E-state index in [4.69, 9.17) is 5.73 Å². The van der Waals surface area contributed by atoms with Crippen LogP contribution < -0.4 is 10.6 Å². The van der Waals surface area contributed by atoms with Gasteiger partial charge in [0.2, 0.25) is 0 Å². The molecule has 0 aromatic heterocycles. The first-order chi connectivity index (χ1) is 9.72. The Labute approximate surface area is 119 Å². The Hall–Kier alpha value is -2.36. The van der Waals surface area contributed by atoms with Gasteiger partial charge < -0.3 is 10.6 Å². The van der Waals surface area contributed by atoms with Crippen LogP contribution in [-0.4, -0.2) is 13.1 Å². The summed E-state index contributed by atoms with van der Waals surface area (Å²) in [5, 5.41) is 8.41. The van der Waals surface area contributed by atoms with Crippen molar-refractivity contribution >= 4 is 22.7 Å². The van der Waals surface area contributed by atoms with Crippen LogP contribution in [0.4, 0.5) is 22.7 Å². The van der Waals surface area contributed by atoms with Gasteiger partial charge in [-0.1, -0.05) is 0 Å². The van der Waals surface area contributed by atoms with Gasteiger partial charge in [-0.05, 0) is 62.4 Å². The van der Waals surface area contributed by atoms with E-state index in [9.17, 15) is 0 Å². The predicted molar refractivity (Wildman–Crippen MR) is 85.0 cm³/mol. The Morgan fingerprint density at radius 2 is 1.25 bits per heavy atom. The van der Waals surface area contributed by atoms with E-state index in [2.05, 4.69) is 41.1 Å². The van der Waals surface area contributed by atoms with Crippen LogP contribution in [-0.2, 0) is 0 Å². The van der Waals surface area contributed by atoms with Crippen LogP contribution in [0.3, 0.4) is 0 Å². The summed E-state index contributed by atoms with van der Waals surface area (Å²) in [7, 11) is 0. The second-order valence-electron chi connectivity index (χ2n) is 4.48. The molecule has 0 saturated carbocycles. The maximum Gasteiger partial charge on any atom is 0.0858 e. The average Bonchev–Trinajstić information content (AvgIpc) is 2.49. The second kappa shape index (κ2) is 6.70. The van der Waals surface area contributed by atoms with Gasteiger partial charge in [0.05, 0.1) is 11.4 Å². The number of azo groups is 1. The van der Waals surface area contributed by atoms with Crippen molar-refractivity contribution in [2.24, 2.45) is 10.2 Å². The molecule has 2 aromatic rings. The van der Waals surface area contributed by atoms with Gasteiger partial charge in [-0.3, -0.25) is 0 Å². The smallest absolute Gasteiger partial charge is 0.0858 e. The lowest BCUT2D eigenvalue weighted by Crippen LogP contribution is -2.21. The number of anilines is 2. The summed E-state index contributed by atoms with van der Waals surface area (Å²) in [5.74, 6) is 0. The Morgan fingerprint density at radius 1 is 0.800 bits per heavy atom. The monoisotopic (exact) mass is 268 g/mol. The molecular weight excluding hydrogens is 248 g/mol. The highest BCUT2D eigenvalue weighted by molar-refractivity contribution is 5.53. The van der Waals surface area contributed by atoms with Gasteiger partial charge in [0.1, 0.15) is 0 Å². The number of nitrogens with zero attached hydrogens (tertiary/aromatic N) is 3. The second-order valence-corrected chi connectivity index (χ2v) is 4.48. The summed E-state index contributed by atoms with van der Waals surface area (Å²) in [6.07, 6.45) is 0. The fourth-order valence-corrected chi connectivity index (χ4v) is 1.98. The van der Waals surface area contributed by atoms with Gasteiger partial charge in [0, 0.05) is 24.5 Å². The van der Waals surface area contributed by atoms with Gasteiger partial charge >= 0.3 is 0 Å². The van der Waals surface area contributed by atoms with Crippen molar-refractivity contribution in [3.8, 4) is 0 Å². The Bertz CT molecular complexity index is 554. The molecule has 104 valence electrons. The van der Waals surface area contributed by atoms with Crippen LogP contribution in [0.15, 0.2) is 58.8 Å². The molecule has 0 radical (unpaired) electrons. The third-order valence-electron chi connectivity index (χ3n) is 3.15. The van der Waals surface area contributed by atoms with Crippen molar-refractivity contribution in [2.75, 3.05) is 23.7 Å². The van der Waals surface area contributed by atoms with Crippen molar-refractivity contribution in [3.63, 3.8) is 0 Å². The van der Waals surface area contributed by atoms with Crippen LogP contribution in [0.5, 0.6) is 0 Å². The topological polar surface area (TPSA) is 54.0 Å². The third kappa shape index (κ3) is 3.57. The summed E-state index contributed by atoms with van der Waals surface area (Å²) in [4.78, 5) is 2.29. The number of hydrogen-bond acceptors (Lipinski definition) is 4. The van der Waals surface area contributed by atoms with Gasteiger partial charge in [0.15, 0.2) is 0 Å². The van der Waals surface area contributed by atoms with Gasteiger partial charge in [-0.25, -0.2) is 0 Å². The molecule has 4 nitrogen and oxygen atoms in total. The minimum absolute atomic E-state index is 0.729. The lowest BCUT2D eigenvalue weighted by molar-refractivity contribution is 0.866. The molecule has 0 aliphatic rings. The molecule has 2 aromatic carbocycles. The minimum atomic E-state index is 0.729. The standard InChI is InChI=1S/C16H20N4/c1-3-20(4-2)16-11-9-15(10-12-16)19-18-14-7-5-13(17)6-8-14/h5-12H,3-4,17H2,1-2H3. The van der Waals surface area contributed by atoms with Gasteiger partial charge in [-0.2, -0.15) is 10.2 Å². The summed E-state index contributed by atoms with van der Waals surface area (Å²) < 4.78 is 0. The Kier molecular flexibility index (Phi) is 4.71. The zero-order valence-electron chi connectivity index (χ0n) is 12.0. The highest BCUT2D eigenvalue weighted by Crippen LogP contribution is 2.22. The molecule has 0 amide bonds. The molecule has 0 unspecified atom stereocenters. The highest BCUT2D eigenvalue weighted by Gasteiger charge is 2.00. The summed E-state index contributed by atoms with van der Waals surface area (Å²) in [6.45, 7) is 6.31. The quantitative estimate of drug-likeness (QED) is 0.639. The number of rotatable bonds is 5. The molecule has 0 bridgehead atoms. The molecule has 0 atom stereocenters. The first-order valence-electron chi connectivity index (χ1n) is 6.85. The number of benzene rings is 2. The van der Waals surface area contributed by atoms with E-state index < -0.39 is 0 Å². The summed E-state index contributed by atoms with van der Waals surface area (Å²) >= 11 is 0. The summed E-state index contributed by atoms with van der Waals surface area (Å²) in [6, 6.07) is 15.4.